The van der Waals surface area contributed by atoms with Gasteiger partial charge in [0, 0.05) is 49.6 Å². The Bertz CT molecular complexity index is 1040. The minimum Gasteiger partial charge on any atom is -0.396 e. The second-order valence-corrected chi connectivity index (χ2v) is 9.93. The Balaban J connectivity index is 1.50. The van der Waals surface area contributed by atoms with Gasteiger partial charge in [0.25, 0.3) is 5.91 Å². The quantitative estimate of drug-likeness (QED) is 0.619. The van der Waals surface area contributed by atoms with Crippen LogP contribution in [0.5, 0.6) is 0 Å². The molecule has 0 aliphatic carbocycles. The maximum atomic E-state index is 13.8. The Morgan fingerprint density at radius 1 is 1.26 bits per heavy atom. The van der Waals surface area contributed by atoms with Crippen molar-refractivity contribution in [3.05, 3.63) is 41.3 Å². The van der Waals surface area contributed by atoms with E-state index in [1.165, 1.54) is 0 Å². The van der Waals surface area contributed by atoms with Crippen molar-refractivity contribution in [3.63, 3.8) is 0 Å². The van der Waals surface area contributed by atoms with E-state index in [4.69, 9.17) is 0 Å². The van der Waals surface area contributed by atoms with Gasteiger partial charge in [-0.3, -0.25) is 19.8 Å². The number of carbonyl (C=O) groups is 2. The predicted molar refractivity (Wildman–Crippen MR) is 128 cm³/mol. The standard InChI is InChI=1S/C24H35N7O3/c1-15(9-11-32)29-12-17(3)30(13-16(29)2)23(34)31-14-18-20(24(31,4)5)27-28-21(18)26-22(33)19-8-6-7-10-25-19/h6-8,10,15-17,32H,9,11-14H2,1-5H3,(H2,26,27,28,33)/t15-,16+,17-/m0/s1. The molecule has 0 unspecified atom stereocenters. The first-order chi connectivity index (χ1) is 16.1. The van der Waals surface area contributed by atoms with Crippen LogP contribution in [0.15, 0.2) is 24.4 Å². The van der Waals surface area contributed by atoms with E-state index in [9.17, 15) is 14.7 Å². The summed E-state index contributed by atoms with van der Waals surface area (Å²) in [4.78, 5) is 36.6. The van der Waals surface area contributed by atoms with Gasteiger partial charge < -0.3 is 20.2 Å². The number of nitrogens with zero attached hydrogens (tertiary/aromatic N) is 5. The van der Waals surface area contributed by atoms with Crippen molar-refractivity contribution in [2.24, 2.45) is 0 Å². The summed E-state index contributed by atoms with van der Waals surface area (Å²) in [5.74, 6) is 0.0890. The topological polar surface area (TPSA) is 118 Å². The number of aromatic nitrogens is 3. The molecule has 1 fully saturated rings. The summed E-state index contributed by atoms with van der Waals surface area (Å²) >= 11 is 0. The van der Waals surface area contributed by atoms with Gasteiger partial charge in [-0.15, -0.1) is 0 Å². The summed E-state index contributed by atoms with van der Waals surface area (Å²) in [6.07, 6.45) is 2.29. The molecule has 10 nitrogen and oxygen atoms in total. The first-order valence-corrected chi connectivity index (χ1v) is 11.9. The van der Waals surface area contributed by atoms with Crippen LogP contribution in [0.1, 0.15) is 62.8 Å². The minimum atomic E-state index is -0.600. The van der Waals surface area contributed by atoms with Crippen LogP contribution in [-0.2, 0) is 12.1 Å². The van der Waals surface area contributed by atoms with Gasteiger partial charge in [-0.1, -0.05) is 6.07 Å². The lowest BCUT2D eigenvalue weighted by molar-refractivity contribution is 0.0131. The number of carbonyl (C=O) groups excluding carboxylic acids is 2. The number of H-pyrrole nitrogens is 1. The third kappa shape index (κ3) is 4.27. The number of aliphatic hydroxyl groups is 1. The molecule has 0 saturated carbocycles. The second kappa shape index (κ2) is 9.34. The van der Waals surface area contributed by atoms with Crippen molar-refractivity contribution in [1.82, 2.24) is 29.9 Å². The third-order valence-electron chi connectivity index (χ3n) is 7.22. The SMILES string of the molecule is C[C@@H]1CN(C(=O)N2Cc3c(NC(=O)c4ccccn4)n[nH]c3C2(C)C)[C@@H](C)CN1[C@@H](C)CCO. The Morgan fingerprint density at radius 3 is 2.71 bits per heavy atom. The number of rotatable bonds is 5. The molecule has 10 heteroatoms. The van der Waals surface area contributed by atoms with Gasteiger partial charge in [0.15, 0.2) is 5.82 Å². The van der Waals surface area contributed by atoms with E-state index >= 15 is 0 Å². The number of aromatic amines is 1. The molecule has 2 aliphatic heterocycles. The largest absolute Gasteiger partial charge is 0.396 e. The molecule has 0 bridgehead atoms. The number of aliphatic hydroxyl groups excluding tert-OH is 1. The molecular weight excluding hydrogens is 434 g/mol. The molecular formula is C24H35N7O3. The van der Waals surface area contributed by atoms with Crippen molar-refractivity contribution in [1.29, 1.82) is 0 Å². The number of nitrogens with one attached hydrogen (secondary N) is 2. The first kappa shape index (κ1) is 24.2. The highest BCUT2D eigenvalue weighted by atomic mass is 16.3. The van der Waals surface area contributed by atoms with Crippen LogP contribution in [0.2, 0.25) is 0 Å². The summed E-state index contributed by atoms with van der Waals surface area (Å²) in [5.41, 5.74) is 1.35. The Morgan fingerprint density at radius 2 is 2.03 bits per heavy atom. The van der Waals surface area contributed by atoms with Gasteiger partial charge in [-0.05, 0) is 53.2 Å². The van der Waals surface area contributed by atoms with Crippen LogP contribution in [0.4, 0.5) is 10.6 Å². The molecule has 2 aliphatic rings. The Hall–Kier alpha value is -2.98. The van der Waals surface area contributed by atoms with Gasteiger partial charge in [-0.2, -0.15) is 5.10 Å². The van der Waals surface area contributed by atoms with Gasteiger partial charge >= 0.3 is 6.03 Å². The minimum absolute atomic E-state index is 0.0228. The lowest BCUT2D eigenvalue weighted by atomic mass is 10.0. The summed E-state index contributed by atoms with van der Waals surface area (Å²) in [6, 6.07) is 5.63. The van der Waals surface area contributed by atoms with Crippen LogP contribution < -0.4 is 5.32 Å². The number of hydrogen-bond acceptors (Lipinski definition) is 6. The summed E-state index contributed by atoms with van der Waals surface area (Å²) in [6.45, 7) is 12.2. The number of piperazine rings is 1. The fourth-order valence-corrected chi connectivity index (χ4v) is 5.14. The van der Waals surface area contributed by atoms with E-state index in [1.54, 1.807) is 24.4 Å². The smallest absolute Gasteiger partial charge is 0.321 e. The fourth-order valence-electron chi connectivity index (χ4n) is 5.14. The van der Waals surface area contributed by atoms with Crippen LogP contribution in [0.25, 0.3) is 0 Å². The molecule has 184 valence electrons. The van der Waals surface area contributed by atoms with Crippen LogP contribution in [-0.4, -0.2) is 84.7 Å². The average Bonchev–Trinajstić information content (AvgIpc) is 3.33. The van der Waals surface area contributed by atoms with Crippen molar-refractivity contribution in [2.75, 3.05) is 25.0 Å². The maximum absolute atomic E-state index is 13.8. The van der Waals surface area contributed by atoms with E-state index in [1.807, 2.05) is 23.6 Å². The van der Waals surface area contributed by atoms with Crippen molar-refractivity contribution >= 4 is 17.8 Å². The van der Waals surface area contributed by atoms with Gasteiger partial charge in [0.1, 0.15) is 5.69 Å². The Kier molecular flexibility index (Phi) is 6.64. The van der Waals surface area contributed by atoms with Crippen LogP contribution in [0.3, 0.4) is 0 Å². The van der Waals surface area contributed by atoms with E-state index < -0.39 is 5.54 Å². The van der Waals surface area contributed by atoms with Gasteiger partial charge in [0.2, 0.25) is 0 Å². The summed E-state index contributed by atoms with van der Waals surface area (Å²) < 4.78 is 0. The number of urea groups is 1. The number of fused-ring (bicyclic) bond motifs is 1. The highest BCUT2D eigenvalue weighted by Crippen LogP contribution is 2.41. The second-order valence-electron chi connectivity index (χ2n) is 9.93. The number of amides is 3. The maximum Gasteiger partial charge on any atom is 0.321 e. The zero-order chi connectivity index (χ0) is 24.6. The van der Waals surface area contributed by atoms with E-state index in [2.05, 4.69) is 46.2 Å². The normalized spacial score (nSPS) is 23.0. The highest BCUT2D eigenvalue weighted by Gasteiger charge is 2.47. The average molecular weight is 470 g/mol. The summed E-state index contributed by atoms with van der Waals surface area (Å²) in [7, 11) is 0. The highest BCUT2D eigenvalue weighted by molar-refractivity contribution is 6.02. The van der Waals surface area contributed by atoms with Gasteiger partial charge in [-0.25, -0.2) is 4.79 Å². The number of hydrogen-bond donors (Lipinski definition) is 3. The molecule has 2 aromatic rings. The van der Waals surface area contributed by atoms with Gasteiger partial charge in [0.05, 0.1) is 17.8 Å². The molecule has 34 heavy (non-hydrogen) atoms. The molecule has 4 heterocycles. The molecule has 3 N–H and O–H groups in total. The summed E-state index contributed by atoms with van der Waals surface area (Å²) in [5, 5.41) is 19.5. The zero-order valence-electron chi connectivity index (χ0n) is 20.6. The Labute approximate surface area is 200 Å². The monoisotopic (exact) mass is 469 g/mol. The van der Waals surface area contributed by atoms with E-state index in [0.717, 1.165) is 24.2 Å². The number of pyridine rings is 1. The molecule has 2 aromatic heterocycles. The molecule has 1 saturated heterocycles. The molecule has 0 aromatic carbocycles. The predicted octanol–water partition coefficient (Wildman–Crippen LogP) is 2.39. The molecule has 3 amide bonds. The molecule has 0 spiro atoms. The molecule has 3 atom stereocenters. The van der Waals surface area contributed by atoms with Crippen molar-refractivity contribution < 1.29 is 14.7 Å². The van der Waals surface area contributed by atoms with E-state index in [0.29, 0.717) is 24.6 Å². The first-order valence-electron chi connectivity index (χ1n) is 11.9. The van der Waals surface area contributed by atoms with E-state index in [-0.39, 0.29) is 36.7 Å². The lowest BCUT2D eigenvalue weighted by Crippen LogP contribution is -2.63. The number of anilines is 1. The van der Waals surface area contributed by atoms with Crippen LogP contribution in [0, 0.1) is 0 Å². The van der Waals surface area contributed by atoms with Crippen molar-refractivity contribution in [3.8, 4) is 0 Å². The van der Waals surface area contributed by atoms with Crippen molar-refractivity contribution in [2.45, 2.75) is 71.2 Å². The molecule has 4 rings (SSSR count). The zero-order valence-corrected chi connectivity index (χ0v) is 20.6. The lowest BCUT2D eigenvalue weighted by Gasteiger charge is -2.48. The molecule has 0 radical (unpaired) electrons. The third-order valence-corrected chi connectivity index (χ3v) is 7.22. The fraction of sp³-hybridized carbons (Fsp3) is 0.583. The van der Waals surface area contributed by atoms with Crippen LogP contribution >= 0.6 is 0 Å².